The molecule has 0 amide bonds. The minimum Gasteiger partial charge on any atom is -0.455 e. The van der Waals surface area contributed by atoms with Crippen molar-refractivity contribution in [3.8, 4) is 0 Å². The molecule has 114 valence electrons. The molecule has 0 saturated carbocycles. The van der Waals surface area contributed by atoms with Gasteiger partial charge < -0.3 is 11.9 Å². The van der Waals surface area contributed by atoms with Crippen LogP contribution in [0.1, 0.15) is 61.3 Å². The van der Waals surface area contributed by atoms with E-state index >= 15 is 0 Å². The van der Waals surface area contributed by atoms with Crippen LogP contribution in [0.4, 0.5) is 0 Å². The molecule has 0 heterocycles. The van der Waals surface area contributed by atoms with Crippen LogP contribution in [0.15, 0.2) is 26.8 Å². The number of rotatable bonds is 4. The zero-order valence-electron chi connectivity index (χ0n) is 14.5. The molecule has 0 fully saturated rings. The van der Waals surface area contributed by atoms with Gasteiger partial charge in [-0.3, -0.25) is 9.98 Å². The third kappa shape index (κ3) is 20.1. The van der Waals surface area contributed by atoms with Crippen molar-refractivity contribution in [2.45, 2.75) is 61.3 Å². The fourth-order valence-corrected chi connectivity index (χ4v) is 0.836. The number of nitrogens with zero attached hydrogens (tertiary/aromatic N) is 3. The molecule has 4 heteroatoms. The van der Waals surface area contributed by atoms with Crippen molar-refractivity contribution in [2.24, 2.45) is 15.0 Å². The van der Waals surface area contributed by atoms with Crippen molar-refractivity contribution in [3.63, 3.8) is 0 Å². The average molecular weight is 503 g/mol. The molecule has 0 atom stereocenters. The predicted octanol–water partition coefficient (Wildman–Crippen LogP) is 5.01. The zero-order valence-corrected chi connectivity index (χ0v) is 18.7. The van der Waals surface area contributed by atoms with Gasteiger partial charge in [0.2, 0.25) is 0 Å². The number of hydrogen-bond donors (Lipinski definition) is 0. The van der Waals surface area contributed by atoms with Crippen LogP contribution >= 0.6 is 0 Å². The summed E-state index contributed by atoms with van der Waals surface area (Å²) in [5.41, 5.74) is 1.81. The summed E-state index contributed by atoms with van der Waals surface area (Å²) < 4.78 is 0. The molecule has 0 bridgehead atoms. The van der Waals surface area contributed by atoms with E-state index in [1.165, 1.54) is 0 Å². The fourth-order valence-electron chi connectivity index (χ4n) is 0.836. The monoisotopic (exact) mass is 503 g/mol. The third-order valence-corrected chi connectivity index (χ3v) is 1.89. The molecule has 0 aliphatic heterocycles. The van der Waals surface area contributed by atoms with Gasteiger partial charge in [0.15, 0.2) is 0 Å². The molecular weight excluding hydrogens is 472 g/mol. The second-order valence-electron chi connectivity index (χ2n) is 3.23. The van der Waals surface area contributed by atoms with Crippen molar-refractivity contribution >= 4 is 17.8 Å². The van der Waals surface area contributed by atoms with Gasteiger partial charge in [-0.15, -0.1) is 18.0 Å². The summed E-state index contributed by atoms with van der Waals surface area (Å²) in [5, 5.41) is 0. The Morgan fingerprint density at radius 1 is 1.20 bits per heavy atom. The maximum atomic E-state index is 4.33. The van der Waals surface area contributed by atoms with Crippen LogP contribution in [0.5, 0.6) is 0 Å². The summed E-state index contributed by atoms with van der Waals surface area (Å²) in [6, 6.07) is 0. The smallest absolute Gasteiger partial charge is 0.455 e. The Labute approximate surface area is 150 Å². The molecular formula is C16H31N3U. The van der Waals surface area contributed by atoms with Crippen molar-refractivity contribution in [1.29, 1.82) is 0 Å². The van der Waals surface area contributed by atoms with Gasteiger partial charge in [-0.25, -0.2) is 0 Å². The van der Waals surface area contributed by atoms with E-state index in [0.29, 0.717) is 0 Å². The summed E-state index contributed by atoms with van der Waals surface area (Å²) in [6.07, 6.45) is 6.82. The average Bonchev–Trinajstić information content (AvgIpc) is 2.48. The van der Waals surface area contributed by atoms with Crippen LogP contribution in [-0.2, 0) is 0 Å². The number of allylic oxidation sites excluding steroid dienone is 2. The Bertz CT molecular complexity index is 303. The van der Waals surface area contributed by atoms with E-state index in [2.05, 4.69) is 35.0 Å². The Morgan fingerprint density at radius 2 is 1.70 bits per heavy atom. The van der Waals surface area contributed by atoms with Gasteiger partial charge in [0, 0.05) is 7.05 Å². The van der Waals surface area contributed by atoms with Gasteiger partial charge in [0.1, 0.15) is 5.84 Å². The Morgan fingerprint density at radius 3 is 2.05 bits per heavy atom. The minimum atomic E-state index is 0. The molecule has 3 nitrogen and oxygen atoms in total. The SMILES string of the molecule is C/C=C(/C)N=[C-]C(CCC)=NC(C)=NC.CC.[CH2-]C.[U+2]. The third-order valence-electron chi connectivity index (χ3n) is 1.89. The molecule has 20 heavy (non-hydrogen) atoms. The second-order valence-corrected chi connectivity index (χ2v) is 3.23. The largest absolute Gasteiger partial charge is 2.00 e. The summed E-state index contributed by atoms with van der Waals surface area (Å²) in [4.78, 5) is 12.5. The van der Waals surface area contributed by atoms with Crippen LogP contribution in [-0.4, -0.2) is 24.8 Å². The van der Waals surface area contributed by atoms with Crippen molar-refractivity contribution in [1.82, 2.24) is 0 Å². The summed E-state index contributed by atoms with van der Waals surface area (Å²) >= 11 is 0. The first kappa shape index (κ1) is 28.0. The Kier molecular flexibility index (Phi) is 33.4. The van der Waals surface area contributed by atoms with Crippen LogP contribution in [0.2, 0.25) is 0 Å². The zero-order chi connectivity index (χ0) is 15.7. The van der Waals surface area contributed by atoms with E-state index in [-0.39, 0.29) is 31.1 Å². The van der Waals surface area contributed by atoms with Crippen LogP contribution in [0.3, 0.4) is 0 Å². The summed E-state index contributed by atoms with van der Waals surface area (Å²) in [5.74, 6) is 0.763. The molecule has 0 unspecified atom stereocenters. The molecule has 0 aromatic rings. The van der Waals surface area contributed by atoms with E-state index in [4.69, 9.17) is 0 Å². The van der Waals surface area contributed by atoms with Gasteiger partial charge in [-0.05, 0) is 19.1 Å². The second kappa shape index (κ2) is 23.9. The quantitative estimate of drug-likeness (QED) is 0.294. The Hall–Kier alpha value is -0.198. The van der Waals surface area contributed by atoms with Gasteiger partial charge in [0.25, 0.3) is 0 Å². The maximum Gasteiger partial charge on any atom is 2.00 e. The number of hydrogen-bond acceptors (Lipinski definition) is 2. The molecule has 0 spiro atoms. The van der Waals surface area contributed by atoms with Crippen molar-refractivity contribution < 1.29 is 31.1 Å². The summed E-state index contributed by atoms with van der Waals surface area (Å²) in [6.45, 7) is 16.9. The first-order valence-corrected chi connectivity index (χ1v) is 6.95. The standard InChI is InChI=1S/C12H20N3.C2H6.C2H5.U/c1-6-8-12(15-11(4)13-5)9-14-10(3)7-2;2*1-2;/h7H,6,8H2,1-5H3;1-2H3;1H2,2H3;/q-1;;-1;+2/b10-7-,13-11?,15-12?;;;. The number of amidine groups is 1. The van der Waals surface area contributed by atoms with Crippen LogP contribution in [0.25, 0.3) is 0 Å². The first-order valence-electron chi connectivity index (χ1n) is 6.95. The van der Waals surface area contributed by atoms with E-state index in [9.17, 15) is 0 Å². The van der Waals surface area contributed by atoms with E-state index in [1.54, 1.807) is 14.0 Å². The fraction of sp³-hybridized carbons (Fsp3) is 0.625. The number of aliphatic imine (C=N–C) groups is 3. The predicted molar refractivity (Wildman–Crippen MR) is 90.6 cm³/mol. The normalized spacial score (nSPS) is 11.9. The minimum absolute atomic E-state index is 0. The molecule has 0 radical (unpaired) electrons. The topological polar surface area (TPSA) is 37.1 Å². The molecule has 0 saturated heterocycles. The first-order chi connectivity index (χ1) is 9.13. The van der Waals surface area contributed by atoms with Gasteiger partial charge in [0.05, 0.1) is 0 Å². The van der Waals surface area contributed by atoms with E-state index in [0.717, 1.165) is 30.1 Å². The van der Waals surface area contributed by atoms with Gasteiger partial charge >= 0.3 is 31.1 Å². The van der Waals surface area contributed by atoms with Gasteiger partial charge in [-0.1, -0.05) is 41.0 Å². The van der Waals surface area contributed by atoms with Crippen molar-refractivity contribution in [2.75, 3.05) is 7.05 Å². The molecule has 0 aromatic heterocycles. The van der Waals surface area contributed by atoms with Crippen molar-refractivity contribution in [3.05, 3.63) is 18.7 Å². The van der Waals surface area contributed by atoms with Crippen LogP contribution in [0, 0.1) is 38.0 Å². The molecule has 0 aromatic carbocycles. The maximum absolute atomic E-state index is 4.33. The van der Waals surface area contributed by atoms with E-state index in [1.807, 2.05) is 40.7 Å². The van der Waals surface area contributed by atoms with E-state index < -0.39 is 0 Å². The van der Waals surface area contributed by atoms with Crippen LogP contribution < -0.4 is 0 Å². The Balaban J connectivity index is -0.000000233. The molecule has 0 aliphatic carbocycles. The molecule has 0 rings (SSSR count). The molecule has 0 aliphatic rings. The van der Waals surface area contributed by atoms with Gasteiger partial charge in [-0.2, -0.15) is 6.92 Å². The molecule has 0 N–H and O–H groups in total. The summed E-state index contributed by atoms with van der Waals surface area (Å²) in [7, 11) is 1.73.